The van der Waals surface area contributed by atoms with Gasteiger partial charge in [0, 0.05) is 20.2 Å². The number of hydrogen-bond donors (Lipinski definition) is 0. The van der Waals surface area contributed by atoms with Crippen molar-refractivity contribution in [2.75, 3.05) is 26.5 Å². The molecule has 1 rings (SSSR count). The van der Waals surface area contributed by atoms with Crippen LogP contribution in [0, 0.1) is 5.92 Å². The van der Waals surface area contributed by atoms with Gasteiger partial charge in [0.05, 0.1) is 12.4 Å². The van der Waals surface area contributed by atoms with Crippen LogP contribution in [-0.2, 0) is 14.8 Å². The van der Waals surface area contributed by atoms with E-state index in [1.54, 1.807) is 7.11 Å². The highest BCUT2D eigenvalue weighted by atomic mass is 32.2. The second-order valence-electron chi connectivity index (χ2n) is 3.66. The second kappa shape index (κ2) is 3.94. The monoisotopic (exact) mass is 207 g/mol. The van der Waals surface area contributed by atoms with E-state index in [0.29, 0.717) is 19.0 Å². The molecule has 0 radical (unpaired) electrons. The lowest BCUT2D eigenvalue weighted by Crippen LogP contribution is -2.46. The Morgan fingerprint density at radius 2 is 2.08 bits per heavy atom. The minimum Gasteiger partial charge on any atom is -0.380 e. The third kappa shape index (κ3) is 2.65. The molecule has 1 aliphatic rings. The molecule has 0 aromatic heterocycles. The molecule has 4 nitrogen and oxygen atoms in total. The lowest BCUT2D eigenvalue weighted by Gasteiger charge is -2.34. The number of sulfonamides is 1. The van der Waals surface area contributed by atoms with Crippen LogP contribution in [0.2, 0.25) is 0 Å². The predicted molar refractivity (Wildman–Crippen MR) is 51.0 cm³/mol. The van der Waals surface area contributed by atoms with E-state index in [4.69, 9.17) is 4.74 Å². The van der Waals surface area contributed by atoms with Crippen LogP contribution >= 0.6 is 0 Å². The molecule has 0 amide bonds. The molecular weight excluding hydrogens is 190 g/mol. The number of nitrogens with zero attached hydrogens (tertiary/aromatic N) is 1. The number of piperidine rings is 1. The van der Waals surface area contributed by atoms with Crippen molar-refractivity contribution in [3.63, 3.8) is 0 Å². The van der Waals surface area contributed by atoms with Gasteiger partial charge in [0.2, 0.25) is 10.0 Å². The number of hydrogen-bond acceptors (Lipinski definition) is 3. The zero-order valence-corrected chi connectivity index (χ0v) is 9.17. The zero-order chi connectivity index (χ0) is 10.1. The highest BCUT2D eigenvalue weighted by molar-refractivity contribution is 7.88. The van der Waals surface area contributed by atoms with Crippen LogP contribution in [0.4, 0.5) is 0 Å². The molecule has 0 bridgehead atoms. The highest BCUT2D eigenvalue weighted by Gasteiger charge is 2.30. The summed E-state index contributed by atoms with van der Waals surface area (Å²) in [6, 6.07) is 0. The quantitative estimate of drug-likeness (QED) is 0.654. The smallest absolute Gasteiger partial charge is 0.211 e. The molecule has 78 valence electrons. The average Bonchev–Trinajstić information content (AvgIpc) is 2.03. The number of methoxy groups -OCH3 is 1. The molecule has 1 fully saturated rings. The highest BCUT2D eigenvalue weighted by Crippen LogP contribution is 2.20. The van der Waals surface area contributed by atoms with Crippen molar-refractivity contribution in [3.05, 3.63) is 0 Å². The predicted octanol–water partition coefficient (Wildman–Crippen LogP) is 0.303. The topological polar surface area (TPSA) is 46.6 Å². The van der Waals surface area contributed by atoms with Crippen molar-refractivity contribution in [1.82, 2.24) is 4.31 Å². The van der Waals surface area contributed by atoms with Crippen LogP contribution in [-0.4, -0.2) is 45.3 Å². The fourth-order valence-corrected chi connectivity index (χ4v) is 2.47. The summed E-state index contributed by atoms with van der Waals surface area (Å²) >= 11 is 0. The molecule has 0 N–H and O–H groups in total. The first kappa shape index (κ1) is 10.9. The van der Waals surface area contributed by atoms with Crippen molar-refractivity contribution >= 4 is 10.0 Å². The van der Waals surface area contributed by atoms with Crippen LogP contribution < -0.4 is 0 Å². The Labute approximate surface area is 79.9 Å². The SMILES string of the molecule is COC1CN(S(C)(=O)=O)CCC1C. The Morgan fingerprint density at radius 3 is 2.54 bits per heavy atom. The van der Waals surface area contributed by atoms with Gasteiger partial charge in [0.25, 0.3) is 0 Å². The van der Waals surface area contributed by atoms with Crippen LogP contribution in [0.15, 0.2) is 0 Å². The van der Waals surface area contributed by atoms with E-state index in [9.17, 15) is 8.42 Å². The van der Waals surface area contributed by atoms with Crippen molar-refractivity contribution in [3.8, 4) is 0 Å². The largest absolute Gasteiger partial charge is 0.380 e. The standard InChI is InChI=1S/C8H17NO3S/c1-7-4-5-9(13(3,10)11)6-8(7)12-2/h7-8H,4-6H2,1-3H3. The van der Waals surface area contributed by atoms with Crippen LogP contribution in [0.3, 0.4) is 0 Å². The third-order valence-electron chi connectivity index (χ3n) is 2.62. The lowest BCUT2D eigenvalue weighted by molar-refractivity contribution is 0.0185. The maximum Gasteiger partial charge on any atom is 0.211 e. The third-order valence-corrected chi connectivity index (χ3v) is 3.89. The molecule has 0 aliphatic carbocycles. The summed E-state index contributed by atoms with van der Waals surface area (Å²) < 4.78 is 29.2. The van der Waals surface area contributed by atoms with E-state index in [1.165, 1.54) is 10.6 Å². The van der Waals surface area contributed by atoms with E-state index in [-0.39, 0.29) is 6.10 Å². The van der Waals surface area contributed by atoms with Crippen molar-refractivity contribution < 1.29 is 13.2 Å². The summed E-state index contributed by atoms with van der Waals surface area (Å²) in [5.41, 5.74) is 0. The van der Waals surface area contributed by atoms with E-state index >= 15 is 0 Å². The van der Waals surface area contributed by atoms with Crippen LogP contribution in [0.25, 0.3) is 0 Å². The van der Waals surface area contributed by atoms with Gasteiger partial charge in [-0.25, -0.2) is 8.42 Å². The molecule has 1 aliphatic heterocycles. The first-order valence-electron chi connectivity index (χ1n) is 4.43. The summed E-state index contributed by atoms with van der Waals surface area (Å²) in [6.07, 6.45) is 2.17. The molecule has 5 heteroatoms. The van der Waals surface area contributed by atoms with Gasteiger partial charge in [0.1, 0.15) is 0 Å². The first-order chi connectivity index (χ1) is 5.95. The van der Waals surface area contributed by atoms with Gasteiger partial charge < -0.3 is 4.74 Å². The summed E-state index contributed by atoms with van der Waals surface area (Å²) in [6.45, 7) is 3.21. The van der Waals surface area contributed by atoms with Crippen molar-refractivity contribution in [2.24, 2.45) is 5.92 Å². The molecule has 13 heavy (non-hydrogen) atoms. The van der Waals surface area contributed by atoms with E-state index in [0.717, 1.165) is 6.42 Å². The average molecular weight is 207 g/mol. The van der Waals surface area contributed by atoms with Gasteiger partial charge in [0.15, 0.2) is 0 Å². The maximum absolute atomic E-state index is 11.2. The Hall–Kier alpha value is -0.130. The number of ether oxygens (including phenoxy) is 1. The molecular formula is C8H17NO3S. The summed E-state index contributed by atoms with van der Waals surface area (Å²) in [5, 5.41) is 0. The van der Waals surface area contributed by atoms with Gasteiger partial charge in [-0.1, -0.05) is 6.92 Å². The van der Waals surface area contributed by atoms with Crippen LogP contribution in [0.5, 0.6) is 0 Å². The fourth-order valence-electron chi connectivity index (χ4n) is 1.61. The molecule has 0 saturated carbocycles. The minimum absolute atomic E-state index is 0.0449. The number of rotatable bonds is 2. The van der Waals surface area contributed by atoms with Gasteiger partial charge in [-0.15, -0.1) is 0 Å². The molecule has 2 unspecified atom stereocenters. The lowest BCUT2D eigenvalue weighted by atomic mass is 9.97. The minimum atomic E-state index is -3.04. The van der Waals surface area contributed by atoms with Gasteiger partial charge in [-0.3, -0.25) is 0 Å². The molecule has 0 spiro atoms. The Morgan fingerprint density at radius 1 is 1.46 bits per heavy atom. The fraction of sp³-hybridized carbons (Fsp3) is 1.00. The Kier molecular flexibility index (Phi) is 3.32. The zero-order valence-electron chi connectivity index (χ0n) is 8.36. The summed E-state index contributed by atoms with van der Waals surface area (Å²) in [7, 11) is -1.41. The molecule has 0 aromatic rings. The van der Waals surface area contributed by atoms with Gasteiger partial charge in [-0.2, -0.15) is 4.31 Å². The normalized spacial score (nSPS) is 31.9. The molecule has 0 aromatic carbocycles. The van der Waals surface area contributed by atoms with E-state index < -0.39 is 10.0 Å². The summed E-state index contributed by atoms with van der Waals surface area (Å²) in [5.74, 6) is 0.447. The van der Waals surface area contributed by atoms with E-state index in [1.807, 2.05) is 0 Å². The van der Waals surface area contributed by atoms with Gasteiger partial charge in [-0.05, 0) is 12.3 Å². The second-order valence-corrected chi connectivity index (χ2v) is 5.64. The summed E-state index contributed by atoms with van der Waals surface area (Å²) in [4.78, 5) is 0. The molecule has 1 saturated heterocycles. The maximum atomic E-state index is 11.2. The first-order valence-corrected chi connectivity index (χ1v) is 6.28. The Balaban J connectivity index is 2.65. The molecule has 2 atom stereocenters. The van der Waals surface area contributed by atoms with E-state index in [2.05, 4.69) is 6.92 Å². The van der Waals surface area contributed by atoms with Gasteiger partial charge >= 0.3 is 0 Å². The van der Waals surface area contributed by atoms with Crippen LogP contribution in [0.1, 0.15) is 13.3 Å². The molecule has 1 heterocycles. The van der Waals surface area contributed by atoms with Crippen molar-refractivity contribution in [1.29, 1.82) is 0 Å². The van der Waals surface area contributed by atoms with Crippen molar-refractivity contribution in [2.45, 2.75) is 19.4 Å². The Bertz CT molecular complexity index is 263.